The van der Waals surface area contributed by atoms with Crippen molar-refractivity contribution < 1.29 is 0 Å². The van der Waals surface area contributed by atoms with Crippen LogP contribution in [0.25, 0.3) is 0 Å². The van der Waals surface area contributed by atoms with E-state index in [9.17, 15) is 0 Å². The molecule has 0 amide bonds. The molecule has 108 valence electrons. The van der Waals surface area contributed by atoms with Crippen molar-refractivity contribution in [2.24, 2.45) is 4.99 Å². The number of rotatable bonds is 7. The molecule has 0 saturated heterocycles. The van der Waals surface area contributed by atoms with Crippen LogP contribution in [0, 0.1) is 0 Å². The summed E-state index contributed by atoms with van der Waals surface area (Å²) in [6, 6.07) is 2.17. The largest absolute Gasteiger partial charge is 0.356 e. The number of unbranched alkanes of at least 4 members (excludes halogenated alkanes) is 1. The Hall–Kier alpha value is -0.560. The Kier molecular flexibility index (Phi) is 10.9. The molecule has 1 rings (SSSR count). The fourth-order valence-corrected chi connectivity index (χ4v) is 2.42. The van der Waals surface area contributed by atoms with Gasteiger partial charge in [0, 0.05) is 27.2 Å². The second kappa shape index (κ2) is 11.3. The summed E-state index contributed by atoms with van der Waals surface area (Å²) in [5.41, 5.74) is 1.39. The van der Waals surface area contributed by atoms with Crippen LogP contribution in [0.4, 0.5) is 0 Å². The van der Waals surface area contributed by atoms with Crippen molar-refractivity contribution in [2.75, 3.05) is 27.2 Å². The SMILES string of the molecule is C=CCCCN(C)C(=NC)NCCc1ccsc1.I. The van der Waals surface area contributed by atoms with E-state index >= 15 is 0 Å². The first kappa shape index (κ1) is 18.4. The van der Waals surface area contributed by atoms with Crippen molar-refractivity contribution in [1.29, 1.82) is 0 Å². The first-order valence-corrected chi connectivity index (χ1v) is 7.26. The average Bonchev–Trinajstić information content (AvgIpc) is 2.88. The van der Waals surface area contributed by atoms with Crippen LogP contribution in [0.3, 0.4) is 0 Å². The molecule has 0 fully saturated rings. The van der Waals surface area contributed by atoms with Crippen LogP contribution >= 0.6 is 35.3 Å². The molecule has 1 aromatic heterocycles. The quantitative estimate of drug-likeness (QED) is 0.253. The fourth-order valence-electron chi connectivity index (χ4n) is 1.72. The third-order valence-electron chi connectivity index (χ3n) is 2.75. The smallest absolute Gasteiger partial charge is 0.193 e. The van der Waals surface area contributed by atoms with Gasteiger partial charge in [0.2, 0.25) is 0 Å². The number of thiophene rings is 1. The Bertz CT molecular complexity index is 363. The molecule has 0 aromatic carbocycles. The monoisotopic (exact) mass is 393 g/mol. The highest BCUT2D eigenvalue weighted by Crippen LogP contribution is 2.05. The maximum absolute atomic E-state index is 4.29. The maximum atomic E-state index is 4.29. The number of nitrogens with zero attached hydrogens (tertiary/aromatic N) is 2. The van der Waals surface area contributed by atoms with Crippen molar-refractivity contribution in [3.05, 3.63) is 35.0 Å². The predicted octanol–water partition coefficient (Wildman–Crippen LogP) is 3.38. The molecular weight excluding hydrogens is 369 g/mol. The topological polar surface area (TPSA) is 27.6 Å². The van der Waals surface area contributed by atoms with Crippen LogP contribution in [-0.4, -0.2) is 38.0 Å². The summed E-state index contributed by atoms with van der Waals surface area (Å²) in [7, 11) is 3.90. The van der Waals surface area contributed by atoms with Crippen molar-refractivity contribution in [1.82, 2.24) is 10.2 Å². The van der Waals surface area contributed by atoms with Crippen LogP contribution in [0.5, 0.6) is 0 Å². The summed E-state index contributed by atoms with van der Waals surface area (Å²) in [4.78, 5) is 6.46. The molecule has 0 saturated carbocycles. The molecule has 0 aliphatic rings. The molecule has 0 atom stereocenters. The molecule has 0 aliphatic heterocycles. The number of allylic oxidation sites excluding steroid dienone is 1. The molecule has 3 nitrogen and oxygen atoms in total. The number of hydrogen-bond acceptors (Lipinski definition) is 2. The lowest BCUT2D eigenvalue weighted by atomic mass is 10.2. The lowest BCUT2D eigenvalue weighted by Gasteiger charge is -2.21. The Morgan fingerprint density at radius 1 is 1.58 bits per heavy atom. The van der Waals surface area contributed by atoms with Gasteiger partial charge < -0.3 is 10.2 Å². The first-order valence-electron chi connectivity index (χ1n) is 6.31. The molecule has 19 heavy (non-hydrogen) atoms. The zero-order valence-corrected chi connectivity index (χ0v) is 14.9. The van der Waals surface area contributed by atoms with Crippen molar-refractivity contribution in [3.63, 3.8) is 0 Å². The minimum absolute atomic E-state index is 0. The highest BCUT2D eigenvalue weighted by Gasteiger charge is 2.04. The predicted molar refractivity (Wildman–Crippen MR) is 96.9 cm³/mol. The zero-order valence-electron chi connectivity index (χ0n) is 11.8. The molecule has 0 bridgehead atoms. The van der Waals surface area contributed by atoms with E-state index in [4.69, 9.17) is 0 Å². The third kappa shape index (κ3) is 7.57. The second-order valence-electron chi connectivity index (χ2n) is 4.21. The van der Waals surface area contributed by atoms with E-state index in [-0.39, 0.29) is 24.0 Å². The number of guanidine groups is 1. The van der Waals surface area contributed by atoms with E-state index in [1.165, 1.54) is 5.56 Å². The van der Waals surface area contributed by atoms with E-state index in [2.05, 4.69) is 45.7 Å². The van der Waals surface area contributed by atoms with E-state index in [1.807, 2.05) is 13.1 Å². The molecule has 0 radical (unpaired) electrons. The van der Waals surface area contributed by atoms with Crippen LogP contribution in [-0.2, 0) is 6.42 Å². The van der Waals surface area contributed by atoms with Crippen molar-refractivity contribution in [2.45, 2.75) is 19.3 Å². The fraction of sp³-hybridized carbons (Fsp3) is 0.500. The number of hydrogen-bond donors (Lipinski definition) is 1. The van der Waals surface area contributed by atoms with Gasteiger partial charge in [0.05, 0.1) is 0 Å². The Balaban J connectivity index is 0.00000324. The lowest BCUT2D eigenvalue weighted by molar-refractivity contribution is 0.470. The first-order chi connectivity index (χ1) is 8.77. The molecule has 1 heterocycles. The summed E-state index contributed by atoms with van der Waals surface area (Å²) in [5, 5.41) is 7.70. The minimum atomic E-state index is 0. The molecule has 0 unspecified atom stereocenters. The molecule has 5 heteroatoms. The maximum Gasteiger partial charge on any atom is 0.193 e. The molecule has 1 aromatic rings. The van der Waals surface area contributed by atoms with Gasteiger partial charge in [0.1, 0.15) is 0 Å². The average molecular weight is 393 g/mol. The van der Waals surface area contributed by atoms with E-state index in [1.54, 1.807) is 11.3 Å². The van der Waals surface area contributed by atoms with Gasteiger partial charge in [-0.1, -0.05) is 6.08 Å². The standard InChI is InChI=1S/C14H23N3S.HI/c1-4-5-6-10-17(3)14(15-2)16-9-7-13-8-11-18-12-13;/h4,8,11-12H,1,5-7,9-10H2,2-3H3,(H,15,16);1H. The lowest BCUT2D eigenvalue weighted by Crippen LogP contribution is -2.40. The normalized spacial score (nSPS) is 10.7. The summed E-state index contributed by atoms with van der Waals surface area (Å²) in [6.07, 6.45) is 5.17. The number of halogens is 1. The Morgan fingerprint density at radius 2 is 2.37 bits per heavy atom. The van der Waals surface area contributed by atoms with Gasteiger partial charge in [-0.15, -0.1) is 30.6 Å². The Labute approximate surface area is 137 Å². The third-order valence-corrected chi connectivity index (χ3v) is 3.48. The zero-order chi connectivity index (χ0) is 13.2. The van der Waals surface area contributed by atoms with Crippen LogP contribution in [0.2, 0.25) is 0 Å². The highest BCUT2D eigenvalue weighted by atomic mass is 127. The van der Waals surface area contributed by atoms with Gasteiger partial charge in [0.15, 0.2) is 5.96 Å². The number of nitrogens with one attached hydrogen (secondary N) is 1. The Morgan fingerprint density at radius 3 is 2.95 bits per heavy atom. The highest BCUT2D eigenvalue weighted by molar-refractivity contribution is 14.0. The molecule has 1 N–H and O–H groups in total. The second-order valence-corrected chi connectivity index (χ2v) is 4.99. The van der Waals surface area contributed by atoms with E-state index in [0.717, 1.165) is 38.3 Å². The molecule has 0 spiro atoms. The summed E-state index contributed by atoms with van der Waals surface area (Å²) in [5.74, 6) is 0.967. The van der Waals surface area contributed by atoms with Crippen LogP contribution in [0.15, 0.2) is 34.5 Å². The van der Waals surface area contributed by atoms with Crippen molar-refractivity contribution >= 4 is 41.3 Å². The minimum Gasteiger partial charge on any atom is -0.356 e. The molecular formula is C14H24IN3S. The molecule has 0 aliphatic carbocycles. The van der Waals surface area contributed by atoms with Gasteiger partial charge in [-0.25, -0.2) is 0 Å². The summed E-state index contributed by atoms with van der Waals surface area (Å²) in [6.45, 7) is 5.67. The van der Waals surface area contributed by atoms with Gasteiger partial charge in [-0.05, 0) is 41.7 Å². The van der Waals surface area contributed by atoms with Gasteiger partial charge >= 0.3 is 0 Å². The van der Waals surface area contributed by atoms with Crippen LogP contribution < -0.4 is 5.32 Å². The van der Waals surface area contributed by atoms with Gasteiger partial charge in [-0.2, -0.15) is 11.3 Å². The van der Waals surface area contributed by atoms with Gasteiger partial charge in [0.25, 0.3) is 0 Å². The van der Waals surface area contributed by atoms with E-state index < -0.39 is 0 Å². The van der Waals surface area contributed by atoms with Crippen LogP contribution in [0.1, 0.15) is 18.4 Å². The van der Waals surface area contributed by atoms with Crippen molar-refractivity contribution in [3.8, 4) is 0 Å². The number of aliphatic imine (C=N–C) groups is 1. The summed E-state index contributed by atoms with van der Waals surface area (Å²) >= 11 is 1.75. The van der Waals surface area contributed by atoms with Gasteiger partial charge in [-0.3, -0.25) is 4.99 Å². The summed E-state index contributed by atoms with van der Waals surface area (Å²) < 4.78 is 0. The van der Waals surface area contributed by atoms with E-state index in [0.29, 0.717) is 0 Å².